The molecule has 2 rings (SSSR count). The molecule has 0 radical (unpaired) electrons. The Morgan fingerprint density at radius 2 is 2.47 bits per heavy atom. The molecule has 0 aromatic carbocycles. The van der Waals surface area contributed by atoms with Crippen molar-refractivity contribution in [1.82, 2.24) is 15.2 Å². The molecule has 0 aliphatic rings. The largest absolute Gasteiger partial charge is 0.464 e. The number of aromatic amines is 1. The van der Waals surface area contributed by atoms with Gasteiger partial charge >= 0.3 is 5.97 Å². The van der Waals surface area contributed by atoms with E-state index < -0.39 is 5.97 Å². The van der Waals surface area contributed by atoms with E-state index in [0.29, 0.717) is 22.1 Å². The number of methoxy groups -OCH3 is 1. The van der Waals surface area contributed by atoms with Crippen molar-refractivity contribution in [2.24, 2.45) is 0 Å². The van der Waals surface area contributed by atoms with Crippen LogP contribution in [-0.2, 0) is 10.1 Å². The van der Waals surface area contributed by atoms with Crippen molar-refractivity contribution in [3.05, 3.63) is 23.5 Å². The number of hydrogen-bond donors (Lipinski definition) is 1. The summed E-state index contributed by atoms with van der Waals surface area (Å²) in [7, 11) is 1.33. The van der Waals surface area contributed by atoms with E-state index in [9.17, 15) is 4.79 Å². The summed E-state index contributed by atoms with van der Waals surface area (Å²) in [5.41, 5.74) is 1.83. The maximum Gasteiger partial charge on any atom is 0.356 e. The predicted octanol–water partition coefficient (Wildman–Crippen LogP) is 1.64. The van der Waals surface area contributed by atoms with Crippen LogP contribution < -0.4 is 0 Å². The van der Waals surface area contributed by atoms with Gasteiger partial charge in [-0.2, -0.15) is 5.10 Å². The number of H-pyrrole nitrogens is 1. The summed E-state index contributed by atoms with van der Waals surface area (Å²) in [6, 6.07) is 1.85. The number of aromatic nitrogens is 3. The van der Waals surface area contributed by atoms with E-state index in [-0.39, 0.29) is 0 Å². The lowest BCUT2D eigenvalue weighted by molar-refractivity contribution is 0.0596. The minimum absolute atomic E-state index is 0.336. The third kappa shape index (κ3) is 1.72. The quantitative estimate of drug-likeness (QED) is 0.665. The lowest BCUT2D eigenvalue weighted by Gasteiger charge is -1.97. The molecule has 0 atom stereocenters. The van der Waals surface area contributed by atoms with Gasteiger partial charge in [-0.25, -0.2) is 9.78 Å². The molecule has 0 spiro atoms. The van der Waals surface area contributed by atoms with Crippen LogP contribution in [0.4, 0.5) is 0 Å². The van der Waals surface area contributed by atoms with Crippen LogP contribution in [0.15, 0.2) is 12.3 Å². The molecule has 78 valence electrons. The van der Waals surface area contributed by atoms with Gasteiger partial charge in [0.1, 0.15) is 0 Å². The molecular formula is C9H8BrN3O2. The first kappa shape index (κ1) is 10.1. The van der Waals surface area contributed by atoms with E-state index in [4.69, 9.17) is 0 Å². The molecule has 0 saturated carbocycles. The van der Waals surface area contributed by atoms with Crippen molar-refractivity contribution in [2.45, 2.75) is 5.33 Å². The highest BCUT2D eigenvalue weighted by Gasteiger charge is 2.14. The average molecular weight is 270 g/mol. The van der Waals surface area contributed by atoms with Crippen LogP contribution in [0.1, 0.15) is 16.1 Å². The second-order valence-corrected chi connectivity index (χ2v) is 3.50. The van der Waals surface area contributed by atoms with Gasteiger partial charge in [0.2, 0.25) is 0 Å². The average Bonchev–Trinajstić information content (AvgIpc) is 2.70. The Balaban J connectivity index is 2.61. The predicted molar refractivity (Wildman–Crippen MR) is 57.9 cm³/mol. The fraction of sp³-hybridized carbons (Fsp3) is 0.222. The Morgan fingerprint density at radius 3 is 3.13 bits per heavy atom. The SMILES string of the molecule is COC(=O)c1[nH]nc2ncc(CBr)cc12. The summed E-state index contributed by atoms with van der Waals surface area (Å²) in [5, 5.41) is 7.89. The molecule has 2 aromatic heterocycles. The van der Waals surface area contributed by atoms with Gasteiger partial charge in [0.25, 0.3) is 0 Å². The van der Waals surface area contributed by atoms with Crippen LogP contribution in [0.2, 0.25) is 0 Å². The van der Waals surface area contributed by atoms with Crippen molar-refractivity contribution >= 4 is 32.9 Å². The second kappa shape index (κ2) is 3.98. The van der Waals surface area contributed by atoms with Gasteiger partial charge < -0.3 is 4.74 Å². The highest BCUT2D eigenvalue weighted by Crippen LogP contribution is 2.17. The highest BCUT2D eigenvalue weighted by molar-refractivity contribution is 9.08. The van der Waals surface area contributed by atoms with Gasteiger partial charge in [0.05, 0.1) is 12.5 Å². The van der Waals surface area contributed by atoms with E-state index in [2.05, 4.69) is 35.8 Å². The first-order chi connectivity index (χ1) is 7.26. The van der Waals surface area contributed by atoms with Gasteiger partial charge in [-0.3, -0.25) is 5.10 Å². The summed E-state index contributed by atoms with van der Waals surface area (Å²) in [6.07, 6.45) is 1.71. The number of nitrogens with one attached hydrogen (secondary N) is 1. The first-order valence-electron chi connectivity index (χ1n) is 4.23. The maximum atomic E-state index is 11.4. The maximum absolute atomic E-state index is 11.4. The van der Waals surface area contributed by atoms with E-state index in [1.54, 1.807) is 6.20 Å². The number of nitrogens with zero attached hydrogens (tertiary/aromatic N) is 2. The number of fused-ring (bicyclic) bond motifs is 1. The molecule has 0 fully saturated rings. The number of hydrogen-bond acceptors (Lipinski definition) is 4. The van der Waals surface area contributed by atoms with Crippen LogP contribution in [0.25, 0.3) is 11.0 Å². The molecule has 0 unspecified atom stereocenters. The molecular weight excluding hydrogens is 262 g/mol. The molecule has 2 aromatic rings. The minimum atomic E-state index is -0.439. The van der Waals surface area contributed by atoms with Gasteiger partial charge in [-0.05, 0) is 11.6 Å². The van der Waals surface area contributed by atoms with E-state index in [0.717, 1.165) is 5.56 Å². The van der Waals surface area contributed by atoms with Gasteiger partial charge in [-0.1, -0.05) is 15.9 Å². The molecule has 0 bridgehead atoms. The Morgan fingerprint density at radius 1 is 1.67 bits per heavy atom. The Bertz CT molecular complexity index is 509. The van der Waals surface area contributed by atoms with E-state index in [1.807, 2.05) is 6.07 Å². The summed E-state index contributed by atoms with van der Waals surface area (Å²) in [4.78, 5) is 15.5. The summed E-state index contributed by atoms with van der Waals surface area (Å²) < 4.78 is 4.63. The Hall–Kier alpha value is -1.43. The van der Waals surface area contributed by atoms with E-state index in [1.165, 1.54) is 7.11 Å². The highest BCUT2D eigenvalue weighted by atomic mass is 79.9. The zero-order valence-corrected chi connectivity index (χ0v) is 9.54. The lowest BCUT2D eigenvalue weighted by atomic mass is 10.2. The summed E-state index contributed by atoms with van der Waals surface area (Å²) >= 11 is 3.32. The van der Waals surface area contributed by atoms with Gasteiger partial charge in [0.15, 0.2) is 11.3 Å². The van der Waals surface area contributed by atoms with Crippen LogP contribution >= 0.6 is 15.9 Å². The molecule has 1 N–H and O–H groups in total. The standard InChI is InChI=1S/C9H8BrN3O2/c1-15-9(14)7-6-2-5(3-10)4-11-8(6)13-12-7/h2,4H,3H2,1H3,(H,11,12,13). The third-order valence-corrected chi connectivity index (χ3v) is 2.66. The second-order valence-electron chi connectivity index (χ2n) is 2.94. The normalized spacial score (nSPS) is 10.5. The molecule has 5 nitrogen and oxygen atoms in total. The summed E-state index contributed by atoms with van der Waals surface area (Å²) in [6.45, 7) is 0. The fourth-order valence-corrected chi connectivity index (χ4v) is 1.58. The molecule has 0 aliphatic carbocycles. The molecule has 0 aliphatic heterocycles. The fourth-order valence-electron chi connectivity index (χ4n) is 1.27. The number of carbonyl (C=O) groups excluding carboxylic acids is 1. The third-order valence-electron chi connectivity index (χ3n) is 2.01. The van der Waals surface area contributed by atoms with Crippen molar-refractivity contribution in [2.75, 3.05) is 7.11 Å². The first-order valence-corrected chi connectivity index (χ1v) is 5.35. The van der Waals surface area contributed by atoms with Crippen molar-refractivity contribution in [3.8, 4) is 0 Å². The van der Waals surface area contributed by atoms with Crippen molar-refractivity contribution < 1.29 is 9.53 Å². The van der Waals surface area contributed by atoms with Crippen LogP contribution in [-0.4, -0.2) is 28.3 Å². The summed E-state index contributed by atoms with van der Waals surface area (Å²) in [5.74, 6) is -0.439. The monoisotopic (exact) mass is 269 g/mol. The number of esters is 1. The Kier molecular flexibility index (Phi) is 2.68. The van der Waals surface area contributed by atoms with Crippen molar-refractivity contribution in [1.29, 1.82) is 0 Å². The lowest BCUT2D eigenvalue weighted by Crippen LogP contribution is -2.02. The topological polar surface area (TPSA) is 67.9 Å². The van der Waals surface area contributed by atoms with E-state index >= 15 is 0 Å². The number of carbonyl (C=O) groups is 1. The molecule has 0 amide bonds. The Labute approximate surface area is 94.0 Å². The minimum Gasteiger partial charge on any atom is -0.464 e. The number of pyridine rings is 1. The zero-order chi connectivity index (χ0) is 10.8. The van der Waals surface area contributed by atoms with Crippen molar-refractivity contribution in [3.63, 3.8) is 0 Å². The number of ether oxygens (including phenoxy) is 1. The zero-order valence-electron chi connectivity index (χ0n) is 7.95. The van der Waals surface area contributed by atoms with Gasteiger partial charge in [0, 0.05) is 11.5 Å². The van der Waals surface area contributed by atoms with Crippen LogP contribution in [0.3, 0.4) is 0 Å². The van der Waals surface area contributed by atoms with Gasteiger partial charge in [-0.15, -0.1) is 0 Å². The van der Waals surface area contributed by atoms with Crippen LogP contribution in [0.5, 0.6) is 0 Å². The van der Waals surface area contributed by atoms with Crippen LogP contribution in [0, 0.1) is 0 Å². The molecule has 6 heteroatoms. The molecule has 2 heterocycles. The number of alkyl halides is 1. The smallest absolute Gasteiger partial charge is 0.356 e. The number of rotatable bonds is 2. The number of halogens is 1. The molecule has 0 saturated heterocycles. The molecule has 15 heavy (non-hydrogen) atoms.